The third-order valence-electron chi connectivity index (χ3n) is 12.7. The molecule has 6 heterocycles. The fourth-order valence-corrected chi connectivity index (χ4v) is 9.12. The Morgan fingerprint density at radius 3 is 1.89 bits per heavy atom. The number of aromatic hydroxyl groups is 1. The molecule has 2 aromatic rings. The first-order valence-electron chi connectivity index (χ1n) is 20.9. The molecule has 6 aliphatic rings. The SMILES string of the molecule is CN1CCN(CCN=c2cc3c(=O)n(CCN4CCCCC4)c(=O)c4c(NCCN5CCN(C)CC5)cc5c(O)n(CCN6CCOCC6)c(=O)c2c5c4-3)CC1. The van der Waals surface area contributed by atoms with Crippen molar-refractivity contribution in [1.82, 2.24) is 38.5 Å². The summed E-state index contributed by atoms with van der Waals surface area (Å²) in [6.45, 7) is 16.8. The minimum Gasteiger partial charge on any atom is -0.494 e. The molecule has 0 radical (unpaired) electrons. The van der Waals surface area contributed by atoms with Gasteiger partial charge in [-0.05, 0) is 52.2 Å². The summed E-state index contributed by atoms with van der Waals surface area (Å²) in [5, 5.41) is 17.7. The molecule has 5 aliphatic heterocycles. The summed E-state index contributed by atoms with van der Waals surface area (Å²) in [7, 11) is 4.27. The van der Waals surface area contributed by atoms with Gasteiger partial charge in [0.25, 0.3) is 16.7 Å². The van der Waals surface area contributed by atoms with Crippen molar-refractivity contribution in [3.8, 4) is 17.0 Å². The Kier molecular flexibility index (Phi) is 12.2. The summed E-state index contributed by atoms with van der Waals surface area (Å²) >= 11 is 0. The van der Waals surface area contributed by atoms with Gasteiger partial charge in [0.15, 0.2) is 0 Å². The third-order valence-corrected chi connectivity index (χ3v) is 12.7. The Hall–Kier alpha value is -3.70. The highest BCUT2D eigenvalue weighted by molar-refractivity contribution is 6.18. The van der Waals surface area contributed by atoms with Crippen molar-refractivity contribution in [2.24, 2.45) is 4.99 Å². The molecule has 15 heteroatoms. The van der Waals surface area contributed by atoms with Crippen LogP contribution in [0.25, 0.3) is 32.7 Å². The lowest BCUT2D eigenvalue weighted by Gasteiger charge is -2.32. The van der Waals surface area contributed by atoms with Gasteiger partial charge in [-0.2, -0.15) is 0 Å². The summed E-state index contributed by atoms with van der Waals surface area (Å²) in [6.07, 6.45) is 3.44. The van der Waals surface area contributed by atoms with Crippen LogP contribution in [0, 0.1) is 0 Å². The number of anilines is 1. The van der Waals surface area contributed by atoms with Gasteiger partial charge in [-0.15, -0.1) is 0 Å². The largest absolute Gasteiger partial charge is 0.494 e. The second-order valence-electron chi connectivity index (χ2n) is 16.4. The van der Waals surface area contributed by atoms with Crippen LogP contribution in [-0.4, -0.2) is 189 Å². The maximum absolute atomic E-state index is 14.7. The maximum Gasteiger partial charge on any atom is 0.263 e. The molecule has 2 N–H and O–H groups in total. The summed E-state index contributed by atoms with van der Waals surface area (Å²) in [5.41, 5.74) is 0.283. The van der Waals surface area contributed by atoms with Gasteiger partial charge < -0.3 is 29.9 Å². The Balaban J connectivity index is 1.27. The average Bonchev–Trinajstić information content (AvgIpc) is 3.21. The molecule has 1 aromatic heterocycles. The number of benzene rings is 2. The van der Waals surface area contributed by atoms with Crippen molar-refractivity contribution in [1.29, 1.82) is 0 Å². The van der Waals surface area contributed by atoms with E-state index in [1.165, 1.54) is 15.6 Å². The fraction of sp³-hybridized carbons (Fsp3) is 0.659. The Morgan fingerprint density at radius 1 is 0.625 bits per heavy atom. The molecule has 8 rings (SSSR count). The maximum atomic E-state index is 14.7. The molecule has 1 aliphatic carbocycles. The zero-order chi connectivity index (χ0) is 38.8. The normalized spacial score (nSPS) is 21.0. The van der Waals surface area contributed by atoms with Crippen LogP contribution in [-0.2, 0) is 17.8 Å². The van der Waals surface area contributed by atoms with Crippen molar-refractivity contribution in [3.05, 3.63) is 48.6 Å². The van der Waals surface area contributed by atoms with Crippen LogP contribution in [0.15, 0.2) is 31.5 Å². The average molecular weight is 773 g/mol. The number of rotatable bonds is 13. The number of hydrogen-bond donors (Lipinski definition) is 2. The monoisotopic (exact) mass is 772 g/mol. The summed E-state index contributed by atoms with van der Waals surface area (Å²) in [4.78, 5) is 63.1. The number of aromatic nitrogens is 2. The van der Waals surface area contributed by atoms with Crippen LogP contribution < -0.4 is 27.4 Å². The highest BCUT2D eigenvalue weighted by Crippen LogP contribution is 2.40. The predicted octanol–water partition coefficient (Wildman–Crippen LogP) is -0.0119. The molecule has 4 fully saturated rings. The van der Waals surface area contributed by atoms with E-state index in [9.17, 15) is 19.5 Å². The minimum absolute atomic E-state index is 0.155. The number of ether oxygens (including phenoxy) is 1. The number of morpholine rings is 1. The van der Waals surface area contributed by atoms with Crippen molar-refractivity contribution < 1.29 is 9.84 Å². The van der Waals surface area contributed by atoms with Gasteiger partial charge >= 0.3 is 0 Å². The highest BCUT2D eigenvalue weighted by atomic mass is 16.5. The molecule has 1 aromatic carbocycles. The first-order chi connectivity index (χ1) is 27.3. The molecule has 0 unspecified atom stereocenters. The molecule has 0 spiro atoms. The van der Waals surface area contributed by atoms with Crippen LogP contribution in [0.5, 0.6) is 5.88 Å². The van der Waals surface area contributed by atoms with Gasteiger partial charge in [0, 0.05) is 133 Å². The summed E-state index contributed by atoms with van der Waals surface area (Å²) < 4.78 is 8.41. The van der Waals surface area contributed by atoms with E-state index in [0.717, 1.165) is 104 Å². The lowest BCUT2D eigenvalue weighted by atomic mass is 9.89. The van der Waals surface area contributed by atoms with Gasteiger partial charge in [-0.25, -0.2) is 0 Å². The first-order valence-corrected chi connectivity index (χ1v) is 20.9. The van der Waals surface area contributed by atoms with E-state index in [0.29, 0.717) is 83.1 Å². The number of nitrogens with one attached hydrogen (secondary N) is 1. The zero-order valence-corrected chi connectivity index (χ0v) is 33.4. The van der Waals surface area contributed by atoms with Crippen LogP contribution >= 0.6 is 0 Å². The van der Waals surface area contributed by atoms with Gasteiger partial charge in [0.2, 0.25) is 5.88 Å². The molecular formula is C41H60N10O5. The Morgan fingerprint density at radius 2 is 1.21 bits per heavy atom. The number of likely N-dealkylation sites (tertiary alicyclic amines) is 1. The van der Waals surface area contributed by atoms with E-state index in [4.69, 9.17) is 9.73 Å². The highest BCUT2D eigenvalue weighted by Gasteiger charge is 2.30. The Labute approximate surface area is 328 Å². The fourth-order valence-electron chi connectivity index (χ4n) is 9.12. The topological polar surface area (TPSA) is 134 Å². The second-order valence-corrected chi connectivity index (χ2v) is 16.4. The summed E-state index contributed by atoms with van der Waals surface area (Å²) in [6, 6.07) is 3.59. The molecule has 4 saturated heterocycles. The first kappa shape index (κ1) is 39.1. The van der Waals surface area contributed by atoms with E-state index in [2.05, 4.69) is 48.8 Å². The number of piperazine rings is 2. The number of piperidine rings is 1. The predicted molar refractivity (Wildman–Crippen MR) is 221 cm³/mol. The lowest BCUT2D eigenvalue weighted by molar-refractivity contribution is 0.0361. The number of pyridine rings is 2. The van der Waals surface area contributed by atoms with E-state index < -0.39 is 0 Å². The van der Waals surface area contributed by atoms with Gasteiger partial charge in [-0.3, -0.25) is 43.2 Å². The number of likely N-dealkylation sites (N-methyl/N-ethyl adjacent to an activating group) is 2. The molecule has 15 nitrogen and oxygen atoms in total. The minimum atomic E-state index is -0.371. The molecule has 304 valence electrons. The summed E-state index contributed by atoms with van der Waals surface area (Å²) in [5.74, 6) is -0.155. The quantitative estimate of drug-likeness (QED) is 0.177. The number of hydrogen-bond acceptors (Lipinski definition) is 13. The Bertz CT molecular complexity index is 2160. The second kappa shape index (κ2) is 17.4. The number of nitrogens with zero attached hydrogens (tertiary/aromatic N) is 9. The van der Waals surface area contributed by atoms with Gasteiger partial charge in [0.1, 0.15) is 0 Å². The molecule has 56 heavy (non-hydrogen) atoms. The molecule has 0 amide bonds. The van der Waals surface area contributed by atoms with E-state index in [-0.39, 0.29) is 35.6 Å². The zero-order valence-electron chi connectivity index (χ0n) is 33.4. The molecule has 0 bridgehead atoms. The van der Waals surface area contributed by atoms with E-state index in [1.54, 1.807) is 6.07 Å². The van der Waals surface area contributed by atoms with Crippen molar-refractivity contribution in [3.63, 3.8) is 0 Å². The van der Waals surface area contributed by atoms with Crippen molar-refractivity contribution >= 4 is 27.2 Å². The standard InChI is InChI=1S/C41H60N10O5/c1-44-12-16-47(17-13-44)10-6-42-32-29-31-35-34-30(38(52)50(40(54)36(32)34)22-20-46-8-4-3-5-9-46)28-33(43-7-11-48-18-14-45(2)15-19-48)37(35)41(55)51(39(31)53)23-21-49-24-26-56-27-25-49/h28-29,42,53H,3-27H2,1-2H3. The van der Waals surface area contributed by atoms with Crippen LogP contribution in [0.1, 0.15) is 19.3 Å². The van der Waals surface area contributed by atoms with Crippen LogP contribution in [0.4, 0.5) is 5.69 Å². The van der Waals surface area contributed by atoms with Crippen molar-refractivity contribution in [2.45, 2.75) is 32.4 Å². The third kappa shape index (κ3) is 8.17. The van der Waals surface area contributed by atoms with Gasteiger partial charge in [-0.1, -0.05) is 6.42 Å². The lowest BCUT2D eigenvalue weighted by Crippen LogP contribution is -2.45. The van der Waals surface area contributed by atoms with E-state index >= 15 is 0 Å². The molecule has 0 saturated carbocycles. The van der Waals surface area contributed by atoms with Crippen molar-refractivity contribution in [2.75, 3.05) is 150 Å². The molecule has 0 atom stereocenters. The van der Waals surface area contributed by atoms with Crippen LogP contribution in [0.3, 0.4) is 0 Å². The molecular weight excluding hydrogens is 713 g/mol. The smallest absolute Gasteiger partial charge is 0.263 e. The van der Waals surface area contributed by atoms with E-state index in [1.807, 2.05) is 6.07 Å². The van der Waals surface area contributed by atoms with Gasteiger partial charge in [0.05, 0.1) is 41.5 Å². The van der Waals surface area contributed by atoms with Crippen LogP contribution in [0.2, 0.25) is 0 Å².